The lowest BCUT2D eigenvalue weighted by Crippen LogP contribution is -2.61. The van der Waals surface area contributed by atoms with Crippen molar-refractivity contribution in [3.63, 3.8) is 0 Å². The summed E-state index contributed by atoms with van der Waals surface area (Å²) in [7, 11) is 0. The Morgan fingerprint density at radius 1 is 0.466 bits per heavy atom. The first kappa shape index (κ1) is 66.5. The van der Waals surface area contributed by atoms with Crippen molar-refractivity contribution in [3.05, 3.63) is 72.9 Å². The number of esters is 1. The summed E-state index contributed by atoms with van der Waals surface area (Å²) in [6.07, 6.45) is 41.0. The van der Waals surface area contributed by atoms with Gasteiger partial charge in [-0.05, 0) is 64.2 Å². The summed E-state index contributed by atoms with van der Waals surface area (Å²) in [5, 5.41) is 72.3. The van der Waals surface area contributed by atoms with Gasteiger partial charge in [-0.15, -0.1) is 0 Å². The van der Waals surface area contributed by atoms with Crippen LogP contribution in [-0.2, 0) is 33.2 Å². The van der Waals surface area contributed by atoms with Gasteiger partial charge in [0.25, 0.3) is 0 Å². The fraction of sp³-hybridized carbons (Fsp3) is 0.780. The zero-order valence-electron chi connectivity index (χ0n) is 45.1. The Morgan fingerprint density at radius 2 is 0.890 bits per heavy atom. The Kier molecular flexibility index (Phi) is 41.6. The van der Waals surface area contributed by atoms with Crippen LogP contribution in [0.4, 0.5) is 0 Å². The van der Waals surface area contributed by atoms with Crippen LogP contribution in [0.3, 0.4) is 0 Å². The zero-order chi connectivity index (χ0) is 53.0. The minimum atomic E-state index is -1.72. The molecular formula is C59H102O14. The molecule has 14 nitrogen and oxygen atoms in total. The summed E-state index contributed by atoms with van der Waals surface area (Å²) in [5.74, 6) is -0.388. The predicted molar refractivity (Wildman–Crippen MR) is 289 cm³/mol. The highest BCUT2D eigenvalue weighted by Crippen LogP contribution is 2.26. The maximum atomic E-state index is 13.1. The number of rotatable bonds is 45. The summed E-state index contributed by atoms with van der Waals surface area (Å²) in [5.41, 5.74) is 0. The molecule has 0 aromatic carbocycles. The van der Waals surface area contributed by atoms with Gasteiger partial charge in [-0.25, -0.2) is 0 Å². The largest absolute Gasteiger partial charge is 0.457 e. The smallest absolute Gasteiger partial charge is 0.306 e. The van der Waals surface area contributed by atoms with Gasteiger partial charge in [0.1, 0.15) is 54.9 Å². The van der Waals surface area contributed by atoms with Crippen molar-refractivity contribution < 1.29 is 69.0 Å². The first-order valence-corrected chi connectivity index (χ1v) is 28.5. The quantitative estimate of drug-likeness (QED) is 0.0172. The van der Waals surface area contributed by atoms with Crippen molar-refractivity contribution in [1.82, 2.24) is 0 Å². The number of hydrogen-bond acceptors (Lipinski definition) is 14. The van der Waals surface area contributed by atoms with Crippen molar-refractivity contribution in [1.29, 1.82) is 0 Å². The molecule has 0 aliphatic carbocycles. The Balaban J connectivity index is 1.75. The molecule has 2 rings (SSSR count). The maximum Gasteiger partial charge on any atom is 0.306 e. The topological polar surface area (TPSA) is 214 Å². The third-order valence-electron chi connectivity index (χ3n) is 13.2. The molecule has 0 spiro atoms. The molecule has 7 N–H and O–H groups in total. The highest BCUT2D eigenvalue weighted by Gasteiger charge is 2.47. The number of allylic oxidation sites excluding steroid dienone is 12. The van der Waals surface area contributed by atoms with Crippen molar-refractivity contribution in [3.8, 4) is 0 Å². The number of carbonyl (C=O) groups is 1. The van der Waals surface area contributed by atoms with Gasteiger partial charge in [0.15, 0.2) is 12.6 Å². The molecule has 11 unspecified atom stereocenters. The van der Waals surface area contributed by atoms with Gasteiger partial charge in [0.05, 0.1) is 26.4 Å². The second-order valence-electron chi connectivity index (χ2n) is 19.7. The highest BCUT2D eigenvalue weighted by molar-refractivity contribution is 5.69. The highest BCUT2D eigenvalue weighted by atomic mass is 16.7. The minimum Gasteiger partial charge on any atom is -0.457 e. The molecule has 0 aromatic rings. The van der Waals surface area contributed by atoms with E-state index in [4.69, 9.17) is 28.4 Å². The third-order valence-corrected chi connectivity index (χ3v) is 13.2. The number of hydrogen-bond donors (Lipinski definition) is 7. The number of carbonyl (C=O) groups excluding carboxylic acids is 1. The van der Waals surface area contributed by atoms with Crippen LogP contribution in [0.25, 0.3) is 0 Å². The molecule has 0 saturated carbocycles. The second-order valence-corrected chi connectivity index (χ2v) is 19.7. The van der Waals surface area contributed by atoms with Crippen molar-refractivity contribution in [2.45, 2.75) is 261 Å². The lowest BCUT2D eigenvalue weighted by molar-refractivity contribution is -0.332. The molecule has 0 bridgehead atoms. The van der Waals surface area contributed by atoms with E-state index >= 15 is 0 Å². The summed E-state index contributed by atoms with van der Waals surface area (Å²) in [6.45, 7) is 3.50. The summed E-state index contributed by atoms with van der Waals surface area (Å²) < 4.78 is 34.3. The van der Waals surface area contributed by atoms with Crippen molar-refractivity contribution in [2.24, 2.45) is 0 Å². The average Bonchev–Trinajstić information content (AvgIpc) is 3.39. The molecule has 0 radical (unpaired) electrons. The zero-order valence-corrected chi connectivity index (χ0v) is 45.1. The molecule has 2 saturated heterocycles. The van der Waals surface area contributed by atoms with Crippen LogP contribution in [0.1, 0.15) is 194 Å². The van der Waals surface area contributed by atoms with E-state index in [0.29, 0.717) is 13.0 Å². The Labute approximate surface area is 440 Å². The SMILES string of the molecule is CC/C=C\C/C=C\C/C=C\C/C=C\C/C=C\C/C=C\CCCCCOCC(COC1OC(COC2OC(CO)C(O)C(O)C2O)C(O)C(O)C1O)OC(=O)CCCCCCCCCCCCCCCCCCC. The van der Waals surface area contributed by atoms with Gasteiger partial charge < -0.3 is 64.2 Å². The first-order valence-electron chi connectivity index (χ1n) is 28.5. The van der Waals surface area contributed by atoms with Gasteiger partial charge in [-0.3, -0.25) is 4.79 Å². The van der Waals surface area contributed by atoms with E-state index < -0.39 is 80.7 Å². The Hall–Kier alpha value is -2.57. The van der Waals surface area contributed by atoms with E-state index in [2.05, 4.69) is 86.8 Å². The van der Waals surface area contributed by atoms with Crippen LogP contribution in [-0.4, -0.2) is 142 Å². The lowest BCUT2D eigenvalue weighted by Gasteiger charge is -2.42. The molecule has 422 valence electrons. The minimum absolute atomic E-state index is 0.0373. The van der Waals surface area contributed by atoms with E-state index in [0.717, 1.165) is 83.5 Å². The molecule has 2 aliphatic heterocycles. The number of ether oxygens (including phenoxy) is 6. The number of unbranched alkanes of at least 4 members (excludes halogenated alkanes) is 19. The van der Waals surface area contributed by atoms with E-state index in [1.165, 1.54) is 83.5 Å². The van der Waals surface area contributed by atoms with Crippen LogP contribution >= 0.6 is 0 Å². The van der Waals surface area contributed by atoms with Crippen LogP contribution < -0.4 is 0 Å². The van der Waals surface area contributed by atoms with Gasteiger partial charge >= 0.3 is 5.97 Å². The monoisotopic (exact) mass is 1030 g/mol. The summed E-state index contributed by atoms with van der Waals surface area (Å²) in [4.78, 5) is 13.1. The van der Waals surface area contributed by atoms with Crippen molar-refractivity contribution in [2.75, 3.05) is 33.0 Å². The maximum absolute atomic E-state index is 13.1. The van der Waals surface area contributed by atoms with Gasteiger partial charge in [0, 0.05) is 13.0 Å². The van der Waals surface area contributed by atoms with Crippen LogP contribution in [0, 0.1) is 0 Å². The normalized spacial score (nSPS) is 25.5. The number of aliphatic hydroxyl groups excluding tert-OH is 7. The van der Waals surface area contributed by atoms with Crippen LogP contribution in [0.5, 0.6) is 0 Å². The fourth-order valence-electron chi connectivity index (χ4n) is 8.64. The molecule has 0 aromatic heterocycles. The first-order chi connectivity index (χ1) is 35.6. The van der Waals surface area contributed by atoms with Gasteiger partial charge in [-0.1, -0.05) is 196 Å². The lowest BCUT2D eigenvalue weighted by atomic mass is 9.98. The average molecular weight is 1040 g/mol. The summed E-state index contributed by atoms with van der Waals surface area (Å²) >= 11 is 0. The third kappa shape index (κ3) is 32.6. The van der Waals surface area contributed by atoms with E-state index in [1.807, 2.05) is 0 Å². The second kappa shape index (κ2) is 45.6. The molecule has 0 amide bonds. The van der Waals surface area contributed by atoms with Crippen LogP contribution in [0.15, 0.2) is 72.9 Å². The molecule has 2 fully saturated rings. The molecular weight excluding hydrogens is 933 g/mol. The molecule has 11 atom stereocenters. The molecule has 73 heavy (non-hydrogen) atoms. The van der Waals surface area contributed by atoms with Gasteiger partial charge in [-0.2, -0.15) is 0 Å². The van der Waals surface area contributed by atoms with Gasteiger partial charge in [0.2, 0.25) is 0 Å². The molecule has 2 heterocycles. The Morgan fingerprint density at radius 3 is 1.38 bits per heavy atom. The predicted octanol–water partition coefficient (Wildman–Crippen LogP) is 9.86. The fourth-order valence-corrected chi connectivity index (χ4v) is 8.64. The molecule has 2 aliphatic rings. The standard InChI is InChI=1S/C59H102O14/c1-3-5-7-9-11-13-15-17-19-21-22-23-24-25-27-29-31-33-35-37-39-41-43-68-45-48(71-51(61)42-40-38-36-34-32-30-28-26-20-18-16-14-12-10-8-6-4-2)46-69-58-57(67)55(65)53(63)50(73-58)47-70-59-56(66)54(64)52(62)49(44-60)72-59/h5,7,11,13,17,19,22-23,25,27,31,33,48-50,52-60,62-67H,3-4,6,8-10,12,14-16,18,20-21,24,26,28-30,32,34-47H2,1-2H3/b7-5-,13-11-,19-17-,23-22-,27-25-,33-31-. The van der Waals surface area contributed by atoms with E-state index in [1.54, 1.807) is 0 Å². The Bertz CT molecular complexity index is 1480. The van der Waals surface area contributed by atoms with E-state index in [9.17, 15) is 40.5 Å². The molecule has 14 heteroatoms. The van der Waals surface area contributed by atoms with Crippen LogP contribution in [0.2, 0.25) is 0 Å². The summed E-state index contributed by atoms with van der Waals surface area (Å²) in [6, 6.07) is 0. The van der Waals surface area contributed by atoms with Crippen molar-refractivity contribution >= 4 is 5.97 Å². The van der Waals surface area contributed by atoms with E-state index in [-0.39, 0.29) is 25.6 Å². The number of aliphatic hydroxyl groups is 7.